The van der Waals surface area contributed by atoms with Crippen LogP contribution in [0.1, 0.15) is 58.3 Å². The fourth-order valence-corrected chi connectivity index (χ4v) is 3.71. The van der Waals surface area contributed by atoms with Crippen LogP contribution >= 0.6 is 0 Å². The van der Waals surface area contributed by atoms with Crippen LogP contribution in [0.2, 0.25) is 0 Å². The summed E-state index contributed by atoms with van der Waals surface area (Å²) in [6, 6.07) is 16.3. The molecule has 0 aliphatic heterocycles. The Kier molecular flexibility index (Phi) is 6.01. The van der Waals surface area contributed by atoms with Crippen LogP contribution in [-0.2, 0) is 0 Å². The van der Waals surface area contributed by atoms with Crippen LogP contribution in [0.5, 0.6) is 5.75 Å². The fraction of sp³-hybridized carbons (Fsp3) is 0.478. The number of anilines is 1. The van der Waals surface area contributed by atoms with Crippen molar-refractivity contribution in [2.24, 2.45) is 5.41 Å². The lowest BCUT2D eigenvalue weighted by atomic mass is 9.67. The zero-order chi connectivity index (χ0) is 17.5. The number of benzene rings is 2. The number of nitrogen functional groups attached to an aromatic ring is 1. The first kappa shape index (κ1) is 17.8. The van der Waals surface area contributed by atoms with Gasteiger partial charge < -0.3 is 10.5 Å². The normalized spacial score (nSPS) is 15.6. The van der Waals surface area contributed by atoms with Crippen molar-refractivity contribution in [2.45, 2.75) is 58.3 Å². The second-order valence-electron chi connectivity index (χ2n) is 7.83. The van der Waals surface area contributed by atoms with Crippen LogP contribution in [0.4, 0.5) is 5.69 Å². The number of rotatable bonds is 9. The third kappa shape index (κ3) is 5.26. The standard InChI is InChI=1S/C23H31NO/c1-23(14-8-15-23)13-4-2-3-5-16-25-22-12-7-10-20(18-22)19-9-6-11-21(24)17-19/h6-7,9-12,17-18H,2-5,8,13-16,24H2,1H3. The van der Waals surface area contributed by atoms with Gasteiger partial charge in [-0.2, -0.15) is 0 Å². The lowest BCUT2D eigenvalue weighted by molar-refractivity contribution is 0.141. The van der Waals surface area contributed by atoms with E-state index in [4.69, 9.17) is 10.5 Å². The van der Waals surface area contributed by atoms with Crippen LogP contribution in [0.25, 0.3) is 11.1 Å². The van der Waals surface area contributed by atoms with Gasteiger partial charge in [0.05, 0.1) is 6.61 Å². The number of nitrogens with two attached hydrogens (primary N) is 1. The summed E-state index contributed by atoms with van der Waals surface area (Å²) >= 11 is 0. The quantitative estimate of drug-likeness (QED) is 0.421. The second-order valence-corrected chi connectivity index (χ2v) is 7.83. The summed E-state index contributed by atoms with van der Waals surface area (Å²) in [5, 5.41) is 0. The minimum absolute atomic E-state index is 0.678. The van der Waals surface area contributed by atoms with Gasteiger partial charge >= 0.3 is 0 Å². The van der Waals surface area contributed by atoms with Crippen LogP contribution < -0.4 is 10.5 Å². The molecule has 0 atom stereocenters. The van der Waals surface area contributed by atoms with Gasteiger partial charge in [0, 0.05) is 5.69 Å². The summed E-state index contributed by atoms with van der Waals surface area (Å²) in [5.41, 5.74) is 9.64. The Bertz CT molecular complexity index is 675. The van der Waals surface area contributed by atoms with E-state index in [-0.39, 0.29) is 0 Å². The smallest absolute Gasteiger partial charge is 0.119 e. The van der Waals surface area contributed by atoms with Crippen molar-refractivity contribution in [1.82, 2.24) is 0 Å². The Balaban J connectivity index is 1.38. The maximum atomic E-state index is 5.95. The molecule has 2 heteroatoms. The minimum atomic E-state index is 0.678. The van der Waals surface area contributed by atoms with E-state index < -0.39 is 0 Å². The number of hydrogen-bond donors (Lipinski definition) is 1. The first-order valence-corrected chi connectivity index (χ1v) is 9.73. The molecule has 0 unspecified atom stereocenters. The summed E-state index contributed by atoms with van der Waals surface area (Å²) in [5.74, 6) is 0.946. The van der Waals surface area contributed by atoms with Crippen LogP contribution in [-0.4, -0.2) is 6.61 Å². The van der Waals surface area contributed by atoms with Crippen molar-refractivity contribution >= 4 is 5.69 Å². The van der Waals surface area contributed by atoms with Gasteiger partial charge in [-0.25, -0.2) is 0 Å². The maximum Gasteiger partial charge on any atom is 0.119 e. The summed E-state index contributed by atoms with van der Waals surface area (Å²) in [6.45, 7) is 3.25. The molecular formula is C23H31NO. The Morgan fingerprint density at radius 3 is 2.36 bits per heavy atom. The molecule has 0 heterocycles. The van der Waals surface area contributed by atoms with E-state index in [9.17, 15) is 0 Å². The molecule has 1 aliphatic carbocycles. The van der Waals surface area contributed by atoms with Gasteiger partial charge in [0.2, 0.25) is 0 Å². The molecule has 1 saturated carbocycles. The molecule has 2 aromatic carbocycles. The van der Waals surface area contributed by atoms with Crippen molar-refractivity contribution < 1.29 is 4.74 Å². The summed E-state index contributed by atoms with van der Waals surface area (Å²) < 4.78 is 5.95. The predicted molar refractivity (Wildman–Crippen MR) is 107 cm³/mol. The van der Waals surface area contributed by atoms with Gasteiger partial charge in [-0.3, -0.25) is 0 Å². The Morgan fingerprint density at radius 1 is 0.920 bits per heavy atom. The summed E-state index contributed by atoms with van der Waals surface area (Å²) in [6.07, 6.45) is 10.9. The highest BCUT2D eigenvalue weighted by atomic mass is 16.5. The van der Waals surface area contributed by atoms with Crippen molar-refractivity contribution in [1.29, 1.82) is 0 Å². The largest absolute Gasteiger partial charge is 0.494 e. The van der Waals surface area contributed by atoms with Gasteiger partial charge in [0.25, 0.3) is 0 Å². The van der Waals surface area contributed by atoms with Crippen LogP contribution in [0, 0.1) is 5.41 Å². The zero-order valence-electron chi connectivity index (χ0n) is 15.5. The van der Waals surface area contributed by atoms with Gasteiger partial charge in [-0.05, 0) is 66.5 Å². The molecule has 1 aliphatic rings. The SMILES string of the molecule is CC1(CCCCCCOc2cccc(-c3cccc(N)c3)c2)CCC1. The Labute approximate surface area is 152 Å². The molecule has 134 valence electrons. The highest BCUT2D eigenvalue weighted by Crippen LogP contribution is 2.44. The Hall–Kier alpha value is -1.96. The van der Waals surface area contributed by atoms with Crippen molar-refractivity contribution in [3.05, 3.63) is 48.5 Å². The molecule has 2 aromatic rings. The van der Waals surface area contributed by atoms with Crippen molar-refractivity contribution in [2.75, 3.05) is 12.3 Å². The second kappa shape index (κ2) is 8.42. The molecule has 0 bridgehead atoms. The van der Waals surface area contributed by atoms with Gasteiger partial charge in [-0.15, -0.1) is 0 Å². The summed E-state index contributed by atoms with van der Waals surface area (Å²) in [7, 11) is 0. The number of ether oxygens (including phenoxy) is 1. The van der Waals surface area contributed by atoms with E-state index in [2.05, 4.69) is 25.1 Å². The topological polar surface area (TPSA) is 35.2 Å². The molecule has 2 nitrogen and oxygen atoms in total. The molecule has 1 fully saturated rings. The average Bonchev–Trinajstić information content (AvgIpc) is 2.59. The first-order chi connectivity index (χ1) is 12.1. The lowest BCUT2D eigenvalue weighted by Gasteiger charge is -2.38. The molecule has 0 amide bonds. The lowest BCUT2D eigenvalue weighted by Crippen LogP contribution is -2.25. The highest BCUT2D eigenvalue weighted by Gasteiger charge is 2.30. The minimum Gasteiger partial charge on any atom is -0.494 e. The van der Waals surface area contributed by atoms with E-state index in [1.54, 1.807) is 0 Å². The molecular weight excluding hydrogens is 306 g/mol. The predicted octanol–water partition coefficient (Wildman–Crippen LogP) is 6.46. The van der Waals surface area contributed by atoms with Gasteiger partial charge in [-0.1, -0.05) is 56.9 Å². The molecule has 2 N–H and O–H groups in total. The van der Waals surface area contributed by atoms with Crippen molar-refractivity contribution in [3.63, 3.8) is 0 Å². The number of unbranched alkanes of at least 4 members (excludes halogenated alkanes) is 3. The zero-order valence-corrected chi connectivity index (χ0v) is 15.5. The molecule has 3 rings (SSSR count). The molecule has 0 radical (unpaired) electrons. The molecule has 25 heavy (non-hydrogen) atoms. The first-order valence-electron chi connectivity index (χ1n) is 9.73. The van der Waals surface area contributed by atoms with E-state index in [1.807, 2.05) is 30.3 Å². The summed E-state index contributed by atoms with van der Waals surface area (Å²) in [4.78, 5) is 0. The van der Waals surface area contributed by atoms with Crippen LogP contribution in [0.15, 0.2) is 48.5 Å². The molecule has 0 aromatic heterocycles. The fourth-order valence-electron chi connectivity index (χ4n) is 3.71. The Morgan fingerprint density at radius 2 is 1.64 bits per heavy atom. The maximum absolute atomic E-state index is 5.95. The van der Waals surface area contributed by atoms with E-state index in [0.29, 0.717) is 5.41 Å². The van der Waals surface area contributed by atoms with Gasteiger partial charge in [0.15, 0.2) is 0 Å². The average molecular weight is 338 g/mol. The monoisotopic (exact) mass is 337 g/mol. The number of hydrogen-bond acceptors (Lipinski definition) is 2. The van der Waals surface area contributed by atoms with Crippen LogP contribution in [0.3, 0.4) is 0 Å². The third-order valence-corrected chi connectivity index (χ3v) is 5.56. The van der Waals surface area contributed by atoms with E-state index in [0.717, 1.165) is 35.6 Å². The highest BCUT2D eigenvalue weighted by molar-refractivity contribution is 5.68. The van der Waals surface area contributed by atoms with E-state index >= 15 is 0 Å². The van der Waals surface area contributed by atoms with Crippen molar-refractivity contribution in [3.8, 4) is 16.9 Å². The van der Waals surface area contributed by atoms with Gasteiger partial charge in [0.1, 0.15) is 5.75 Å². The molecule has 0 saturated heterocycles. The third-order valence-electron chi connectivity index (χ3n) is 5.56. The van der Waals surface area contributed by atoms with E-state index in [1.165, 1.54) is 44.9 Å². The molecule has 0 spiro atoms.